The first kappa shape index (κ1) is 24.4. The van der Waals surface area contributed by atoms with Crippen molar-refractivity contribution in [2.75, 3.05) is 38.1 Å². The summed E-state index contributed by atoms with van der Waals surface area (Å²) in [5.41, 5.74) is 0.482. The van der Waals surface area contributed by atoms with Gasteiger partial charge in [0.05, 0.1) is 18.8 Å². The summed E-state index contributed by atoms with van der Waals surface area (Å²) in [5.74, 6) is -0.316. The van der Waals surface area contributed by atoms with Gasteiger partial charge in [0.2, 0.25) is 5.91 Å². The van der Waals surface area contributed by atoms with Crippen molar-refractivity contribution in [3.8, 4) is 0 Å². The van der Waals surface area contributed by atoms with Gasteiger partial charge in [-0.2, -0.15) is 0 Å². The number of halogens is 1. The largest absolute Gasteiger partial charge is 0.394 e. The van der Waals surface area contributed by atoms with Crippen LogP contribution in [0, 0.1) is 5.82 Å². The summed E-state index contributed by atoms with van der Waals surface area (Å²) in [7, 11) is 0. The second-order valence-corrected chi connectivity index (χ2v) is 8.56. The topological polar surface area (TPSA) is 103 Å². The molecular formula is C23H35FN4O4. The van der Waals surface area contributed by atoms with Crippen LogP contribution in [0.1, 0.15) is 44.9 Å². The molecule has 2 saturated heterocycles. The highest BCUT2D eigenvalue weighted by Gasteiger charge is 2.31. The molecule has 178 valence electrons. The van der Waals surface area contributed by atoms with Crippen molar-refractivity contribution in [3.63, 3.8) is 0 Å². The van der Waals surface area contributed by atoms with Crippen LogP contribution in [-0.4, -0.2) is 73.0 Å². The highest BCUT2D eigenvalue weighted by molar-refractivity contribution is 5.89. The van der Waals surface area contributed by atoms with Crippen molar-refractivity contribution < 1.29 is 23.8 Å². The Labute approximate surface area is 188 Å². The Kier molecular flexibility index (Phi) is 9.70. The van der Waals surface area contributed by atoms with Crippen LogP contribution >= 0.6 is 0 Å². The fourth-order valence-electron chi connectivity index (χ4n) is 4.28. The third kappa shape index (κ3) is 8.03. The molecule has 1 aromatic rings. The van der Waals surface area contributed by atoms with Crippen LogP contribution in [0.5, 0.6) is 0 Å². The molecule has 2 aliphatic heterocycles. The van der Waals surface area contributed by atoms with Gasteiger partial charge in [0.15, 0.2) is 0 Å². The lowest BCUT2D eigenvalue weighted by Gasteiger charge is -2.36. The van der Waals surface area contributed by atoms with E-state index in [1.165, 1.54) is 43.5 Å². The monoisotopic (exact) mass is 450 g/mol. The number of likely N-dealkylation sites (tertiary alicyclic amines) is 1. The number of anilines is 1. The summed E-state index contributed by atoms with van der Waals surface area (Å²) in [6.07, 6.45) is 5.70. The number of carbonyl (C=O) groups excluding carboxylic acids is 2. The number of nitrogens with one attached hydrogen (secondary N) is 3. The lowest BCUT2D eigenvalue weighted by atomic mass is 9.97. The second-order valence-electron chi connectivity index (χ2n) is 8.56. The van der Waals surface area contributed by atoms with Crippen molar-refractivity contribution in [1.29, 1.82) is 0 Å². The van der Waals surface area contributed by atoms with Gasteiger partial charge in [-0.05, 0) is 69.5 Å². The highest BCUT2D eigenvalue weighted by atomic mass is 19.1. The lowest BCUT2D eigenvalue weighted by molar-refractivity contribution is -0.122. The molecule has 0 unspecified atom stereocenters. The molecule has 0 saturated carbocycles. The van der Waals surface area contributed by atoms with E-state index >= 15 is 0 Å². The third-order valence-electron chi connectivity index (χ3n) is 6.11. The number of rotatable bonds is 9. The number of aliphatic hydroxyl groups is 1. The molecule has 3 atom stereocenters. The second kappa shape index (κ2) is 12.7. The maximum atomic E-state index is 13.0. The van der Waals surface area contributed by atoms with E-state index in [0.29, 0.717) is 31.5 Å². The number of nitrogens with zero attached hydrogens (tertiary/aromatic N) is 1. The van der Waals surface area contributed by atoms with Crippen LogP contribution in [-0.2, 0) is 9.53 Å². The van der Waals surface area contributed by atoms with Gasteiger partial charge in [-0.25, -0.2) is 9.18 Å². The van der Waals surface area contributed by atoms with Gasteiger partial charge in [-0.1, -0.05) is 6.42 Å². The number of ether oxygens (including phenoxy) is 1. The molecule has 32 heavy (non-hydrogen) atoms. The highest BCUT2D eigenvalue weighted by Crippen LogP contribution is 2.22. The van der Waals surface area contributed by atoms with Crippen molar-refractivity contribution in [3.05, 3.63) is 30.1 Å². The van der Waals surface area contributed by atoms with Crippen molar-refractivity contribution in [2.24, 2.45) is 0 Å². The molecule has 9 heteroatoms. The van der Waals surface area contributed by atoms with E-state index in [-0.39, 0.29) is 30.5 Å². The van der Waals surface area contributed by atoms with Gasteiger partial charge in [0, 0.05) is 25.2 Å². The summed E-state index contributed by atoms with van der Waals surface area (Å²) in [4.78, 5) is 26.7. The van der Waals surface area contributed by atoms with E-state index in [9.17, 15) is 19.1 Å². The molecule has 3 rings (SSSR count). The molecule has 3 amide bonds. The molecule has 1 aromatic carbocycles. The third-order valence-corrected chi connectivity index (χ3v) is 6.11. The average molecular weight is 451 g/mol. The molecule has 2 fully saturated rings. The van der Waals surface area contributed by atoms with E-state index in [1.54, 1.807) is 0 Å². The number of carbonyl (C=O) groups is 2. The lowest BCUT2D eigenvalue weighted by Crippen LogP contribution is -2.52. The molecule has 0 aromatic heterocycles. The standard InChI is InChI=1S/C23H35FN4O4/c24-17-4-6-18(7-5-17)26-23(31)27-20-9-8-19(32-21(20)16-29)10-12-25-22(30)11-15-28-13-2-1-3-14-28/h4-7,19-21,29H,1-3,8-16H2,(H,25,30)(H2,26,27,31)/t19-,20-,21-/m0/s1. The van der Waals surface area contributed by atoms with Crippen LogP contribution in [0.15, 0.2) is 24.3 Å². The Morgan fingerprint density at radius 1 is 1.12 bits per heavy atom. The van der Waals surface area contributed by atoms with Crippen molar-refractivity contribution in [2.45, 2.75) is 63.2 Å². The molecule has 8 nitrogen and oxygen atoms in total. The van der Waals surface area contributed by atoms with Gasteiger partial charge in [0.25, 0.3) is 0 Å². The Bertz CT molecular complexity index is 727. The predicted octanol–water partition coefficient (Wildman–Crippen LogP) is 2.24. The summed E-state index contributed by atoms with van der Waals surface area (Å²) < 4.78 is 18.9. The van der Waals surface area contributed by atoms with E-state index < -0.39 is 12.1 Å². The van der Waals surface area contributed by atoms with Crippen molar-refractivity contribution in [1.82, 2.24) is 15.5 Å². The van der Waals surface area contributed by atoms with Crippen LogP contribution in [0.2, 0.25) is 0 Å². The molecule has 4 N–H and O–H groups in total. The van der Waals surface area contributed by atoms with Gasteiger partial charge in [0.1, 0.15) is 11.9 Å². The van der Waals surface area contributed by atoms with Gasteiger partial charge in [-0.3, -0.25) is 4.79 Å². The molecule has 2 heterocycles. The zero-order valence-corrected chi connectivity index (χ0v) is 18.5. The van der Waals surface area contributed by atoms with Gasteiger partial charge >= 0.3 is 6.03 Å². The average Bonchev–Trinajstić information content (AvgIpc) is 2.80. The number of amides is 3. The van der Waals surface area contributed by atoms with E-state index in [2.05, 4.69) is 20.9 Å². The van der Waals surface area contributed by atoms with Crippen LogP contribution in [0.25, 0.3) is 0 Å². The molecule has 0 radical (unpaired) electrons. The van der Waals surface area contributed by atoms with Crippen molar-refractivity contribution >= 4 is 17.6 Å². The summed E-state index contributed by atoms with van der Waals surface area (Å²) in [5, 5.41) is 18.1. The maximum Gasteiger partial charge on any atom is 0.319 e. The summed E-state index contributed by atoms with van der Waals surface area (Å²) >= 11 is 0. The van der Waals surface area contributed by atoms with E-state index in [1.807, 2.05) is 0 Å². The van der Waals surface area contributed by atoms with Crippen LogP contribution in [0.3, 0.4) is 0 Å². The molecule has 0 bridgehead atoms. The Hall–Kier alpha value is -2.23. The molecule has 0 spiro atoms. The van der Waals surface area contributed by atoms with Crippen LogP contribution < -0.4 is 16.0 Å². The van der Waals surface area contributed by atoms with Gasteiger partial charge in [-0.15, -0.1) is 0 Å². The van der Waals surface area contributed by atoms with E-state index in [0.717, 1.165) is 26.1 Å². The number of benzene rings is 1. The van der Waals surface area contributed by atoms with E-state index in [4.69, 9.17) is 4.74 Å². The summed E-state index contributed by atoms with van der Waals surface area (Å²) in [6.45, 7) is 3.31. The summed E-state index contributed by atoms with van der Waals surface area (Å²) in [6, 6.07) is 4.75. The van der Waals surface area contributed by atoms with Gasteiger partial charge < -0.3 is 30.7 Å². The fourth-order valence-corrected chi connectivity index (χ4v) is 4.28. The minimum absolute atomic E-state index is 0.0575. The smallest absolute Gasteiger partial charge is 0.319 e. The number of hydrogen-bond donors (Lipinski definition) is 4. The first-order valence-corrected chi connectivity index (χ1v) is 11.6. The minimum atomic E-state index is -0.512. The molecule has 0 aliphatic carbocycles. The normalized spacial score (nSPS) is 24.0. The number of piperidine rings is 1. The molecule has 2 aliphatic rings. The first-order chi connectivity index (χ1) is 15.5. The maximum absolute atomic E-state index is 13.0. The number of hydrogen-bond acceptors (Lipinski definition) is 5. The number of urea groups is 1. The molecular weight excluding hydrogens is 415 g/mol. The zero-order chi connectivity index (χ0) is 22.8. The quantitative estimate of drug-likeness (QED) is 0.462. The Morgan fingerprint density at radius 2 is 1.88 bits per heavy atom. The van der Waals surface area contributed by atoms with Crippen LogP contribution in [0.4, 0.5) is 14.9 Å². The fraction of sp³-hybridized carbons (Fsp3) is 0.652. The zero-order valence-electron chi connectivity index (χ0n) is 18.5. The number of aliphatic hydroxyl groups excluding tert-OH is 1. The first-order valence-electron chi connectivity index (χ1n) is 11.6. The Balaban J connectivity index is 1.33. The SMILES string of the molecule is O=C(CCN1CCCCC1)NCC[C@@H]1CC[C@H](NC(=O)Nc2ccc(F)cc2)[C@H](CO)O1. The minimum Gasteiger partial charge on any atom is -0.394 e. The Morgan fingerprint density at radius 3 is 2.59 bits per heavy atom. The predicted molar refractivity (Wildman–Crippen MR) is 120 cm³/mol.